The molecule has 8 aromatic rings. The second-order valence-electron chi connectivity index (χ2n) is 11.2. The van der Waals surface area contributed by atoms with Crippen molar-refractivity contribution in [3.63, 3.8) is 0 Å². The summed E-state index contributed by atoms with van der Waals surface area (Å²) in [7, 11) is 0. The fourth-order valence-corrected chi connectivity index (χ4v) is 7.50. The highest BCUT2D eigenvalue weighted by atomic mass is 16.4. The molecule has 3 aromatic heterocycles. The van der Waals surface area contributed by atoms with Crippen molar-refractivity contribution < 1.29 is 4.42 Å². The van der Waals surface area contributed by atoms with E-state index in [4.69, 9.17) is 9.40 Å². The summed E-state index contributed by atoms with van der Waals surface area (Å²) in [6.45, 7) is 2.33. The zero-order valence-corrected chi connectivity index (χ0v) is 21.8. The van der Waals surface area contributed by atoms with E-state index in [1.807, 2.05) is 24.3 Å². The Kier molecular flexibility index (Phi) is 3.70. The molecule has 0 bridgehead atoms. The Morgan fingerprint density at radius 3 is 2.33 bits per heavy atom. The van der Waals surface area contributed by atoms with Gasteiger partial charge in [-0.2, -0.15) is 4.98 Å². The van der Waals surface area contributed by atoms with Crippen molar-refractivity contribution in [2.75, 3.05) is 0 Å². The molecule has 0 amide bonds. The van der Waals surface area contributed by atoms with Crippen LogP contribution in [-0.2, 0) is 0 Å². The first-order valence-electron chi connectivity index (χ1n) is 14.0. The molecule has 2 aliphatic carbocycles. The second kappa shape index (κ2) is 7.10. The highest BCUT2D eigenvalue weighted by Crippen LogP contribution is 2.53. The van der Waals surface area contributed by atoms with Gasteiger partial charge in [0.05, 0.1) is 16.6 Å². The highest BCUT2D eigenvalue weighted by molar-refractivity contribution is 6.34. The van der Waals surface area contributed by atoms with Crippen molar-refractivity contribution in [2.24, 2.45) is 0 Å². The van der Waals surface area contributed by atoms with Crippen molar-refractivity contribution in [3.8, 4) is 11.7 Å². The van der Waals surface area contributed by atoms with Gasteiger partial charge in [-0.25, -0.2) is 0 Å². The molecule has 4 heteroatoms. The maximum absolute atomic E-state index is 6.43. The normalized spacial score (nSPS) is 15.9. The van der Waals surface area contributed by atoms with Crippen LogP contribution in [0.15, 0.2) is 108 Å². The number of aromatic nitrogens is 3. The van der Waals surface area contributed by atoms with E-state index < -0.39 is 0 Å². The van der Waals surface area contributed by atoms with Crippen LogP contribution in [0.2, 0.25) is 0 Å². The molecule has 0 saturated heterocycles. The smallest absolute Gasteiger partial charge is 0.307 e. The average Bonchev–Trinajstić information content (AvgIpc) is 3.65. The lowest BCUT2D eigenvalue weighted by Gasteiger charge is -2.22. The van der Waals surface area contributed by atoms with Gasteiger partial charge in [-0.3, -0.25) is 4.57 Å². The van der Waals surface area contributed by atoms with Gasteiger partial charge in [0.1, 0.15) is 5.52 Å². The molecule has 1 unspecified atom stereocenters. The first kappa shape index (κ1) is 20.8. The van der Waals surface area contributed by atoms with Gasteiger partial charge in [0.15, 0.2) is 5.58 Å². The van der Waals surface area contributed by atoms with E-state index >= 15 is 0 Å². The van der Waals surface area contributed by atoms with Gasteiger partial charge < -0.3 is 8.98 Å². The molecule has 0 saturated carbocycles. The van der Waals surface area contributed by atoms with Crippen molar-refractivity contribution in [1.29, 1.82) is 0 Å². The Labute approximate surface area is 229 Å². The number of benzene rings is 5. The molecule has 3 heterocycles. The van der Waals surface area contributed by atoms with Crippen molar-refractivity contribution >= 4 is 60.2 Å². The van der Waals surface area contributed by atoms with Crippen LogP contribution in [0.4, 0.5) is 0 Å². The quantitative estimate of drug-likeness (QED) is 0.231. The van der Waals surface area contributed by atoms with Gasteiger partial charge in [-0.1, -0.05) is 67.6 Å². The van der Waals surface area contributed by atoms with Crippen LogP contribution >= 0.6 is 0 Å². The summed E-state index contributed by atoms with van der Waals surface area (Å²) in [6, 6.07) is 35.4. The summed E-state index contributed by atoms with van der Waals surface area (Å²) in [5.74, 6) is 0.330. The molecule has 4 nitrogen and oxygen atoms in total. The number of hydrogen-bond donors (Lipinski definition) is 0. The molecule has 10 rings (SSSR count). The zero-order valence-electron chi connectivity index (χ0n) is 21.8. The Bertz CT molecular complexity index is 2380. The van der Waals surface area contributed by atoms with Gasteiger partial charge in [-0.05, 0) is 65.4 Å². The van der Waals surface area contributed by atoms with Crippen molar-refractivity contribution in [2.45, 2.75) is 19.3 Å². The van der Waals surface area contributed by atoms with Crippen molar-refractivity contribution in [1.82, 2.24) is 14.1 Å². The third kappa shape index (κ3) is 2.37. The lowest BCUT2D eigenvalue weighted by atomic mass is 9.84. The van der Waals surface area contributed by atoms with Gasteiger partial charge in [0.2, 0.25) is 0 Å². The van der Waals surface area contributed by atoms with E-state index in [0.717, 1.165) is 23.0 Å². The van der Waals surface area contributed by atoms with Gasteiger partial charge in [0.25, 0.3) is 0 Å². The number of para-hydroxylation sites is 3. The standard InChI is InChI=1S/C36H23N3O/c1-20-14-17-24-23-10-7-12-26-31(23)33-27(38(26)22-8-3-2-4-9-22)18-15-21-16-19-28-34(30(21)33)32(24)35(20)39(28)36-37-25-11-5-6-13-29(25)40-36/h2-13,15-20H,14H2,1H3. The molecule has 40 heavy (non-hydrogen) atoms. The molecule has 188 valence electrons. The minimum atomic E-state index is 0.330. The molecule has 0 radical (unpaired) electrons. The fraction of sp³-hybridized carbons (Fsp3) is 0.0833. The first-order valence-corrected chi connectivity index (χ1v) is 14.0. The highest BCUT2D eigenvalue weighted by Gasteiger charge is 2.34. The largest absolute Gasteiger partial charge is 0.423 e. The lowest BCUT2D eigenvalue weighted by Crippen LogP contribution is -2.10. The van der Waals surface area contributed by atoms with E-state index in [9.17, 15) is 0 Å². The predicted octanol–water partition coefficient (Wildman–Crippen LogP) is 9.27. The van der Waals surface area contributed by atoms with Crippen molar-refractivity contribution in [3.05, 3.63) is 120 Å². The first-order chi connectivity index (χ1) is 19.8. The van der Waals surface area contributed by atoms with E-state index in [-0.39, 0.29) is 0 Å². The number of allylic oxidation sites excluding steroid dienone is 1. The second-order valence-corrected chi connectivity index (χ2v) is 11.2. The number of fused-ring (bicyclic) bond motifs is 2. The molecular weight excluding hydrogens is 490 g/mol. The number of rotatable bonds is 2. The monoisotopic (exact) mass is 513 g/mol. The van der Waals surface area contributed by atoms with Crippen LogP contribution in [0.1, 0.15) is 36.1 Å². The van der Waals surface area contributed by atoms with Gasteiger partial charge >= 0.3 is 6.01 Å². The molecule has 2 aliphatic rings. The van der Waals surface area contributed by atoms with E-state index in [2.05, 4.69) is 94.9 Å². The Morgan fingerprint density at radius 1 is 0.700 bits per heavy atom. The third-order valence-corrected chi connectivity index (χ3v) is 9.09. The summed E-state index contributed by atoms with van der Waals surface area (Å²) >= 11 is 0. The minimum Gasteiger partial charge on any atom is -0.423 e. The topological polar surface area (TPSA) is 35.9 Å². The number of nitrogens with zero attached hydrogens (tertiary/aromatic N) is 3. The minimum absolute atomic E-state index is 0.330. The van der Waals surface area contributed by atoms with E-state index in [1.54, 1.807) is 0 Å². The van der Waals surface area contributed by atoms with E-state index in [0.29, 0.717) is 11.9 Å². The summed E-state index contributed by atoms with van der Waals surface area (Å²) in [4.78, 5) is 4.99. The average molecular weight is 514 g/mol. The summed E-state index contributed by atoms with van der Waals surface area (Å²) in [6.07, 6.45) is 3.44. The molecule has 5 aromatic carbocycles. The van der Waals surface area contributed by atoms with Gasteiger partial charge in [-0.15, -0.1) is 0 Å². The maximum atomic E-state index is 6.43. The maximum Gasteiger partial charge on any atom is 0.307 e. The zero-order chi connectivity index (χ0) is 26.1. The summed E-state index contributed by atoms with van der Waals surface area (Å²) in [5, 5.41) is 6.57. The molecule has 0 aliphatic heterocycles. The molecule has 1 atom stereocenters. The third-order valence-electron chi connectivity index (χ3n) is 9.09. The SMILES string of the molecule is CC1CC=C2c3c1n(-c1nc4ccccc4o1)c1ccc4ccc5c(c6c2cccc6n5-c2ccccc2)c4c31. The predicted molar refractivity (Wildman–Crippen MR) is 163 cm³/mol. The van der Waals surface area contributed by atoms with Crippen LogP contribution < -0.4 is 0 Å². The lowest BCUT2D eigenvalue weighted by molar-refractivity contribution is 0.554. The van der Waals surface area contributed by atoms with Crippen LogP contribution in [0.25, 0.3) is 71.9 Å². The molecule has 0 spiro atoms. The van der Waals surface area contributed by atoms with Crippen LogP contribution in [-0.4, -0.2) is 14.1 Å². The summed E-state index contributed by atoms with van der Waals surface area (Å²) in [5.41, 5.74) is 11.8. The van der Waals surface area contributed by atoms with Crippen LogP contribution in [0, 0.1) is 0 Å². The Morgan fingerprint density at radius 2 is 1.48 bits per heavy atom. The summed E-state index contributed by atoms with van der Waals surface area (Å²) < 4.78 is 11.2. The fourth-order valence-electron chi connectivity index (χ4n) is 7.50. The Balaban J connectivity index is 1.47. The van der Waals surface area contributed by atoms with E-state index in [1.165, 1.54) is 66.0 Å². The van der Waals surface area contributed by atoms with Crippen LogP contribution in [0.5, 0.6) is 0 Å². The Hall–Kier alpha value is -5.09. The van der Waals surface area contributed by atoms with Crippen LogP contribution in [0.3, 0.4) is 0 Å². The number of oxazole rings is 1. The molecule has 0 fully saturated rings. The number of hydrogen-bond acceptors (Lipinski definition) is 2. The van der Waals surface area contributed by atoms with Gasteiger partial charge in [0, 0.05) is 44.4 Å². The molecule has 0 N–H and O–H groups in total. The molecular formula is C36H23N3O.